The predicted octanol–water partition coefficient (Wildman–Crippen LogP) is 3.59. The van der Waals surface area contributed by atoms with E-state index in [1.54, 1.807) is 31.2 Å². The van der Waals surface area contributed by atoms with E-state index < -0.39 is 0 Å². The molecule has 0 unspecified atom stereocenters. The zero-order valence-corrected chi connectivity index (χ0v) is 11.3. The second kappa shape index (κ2) is 9.05. The van der Waals surface area contributed by atoms with Crippen molar-refractivity contribution in [2.45, 2.75) is 20.8 Å². The summed E-state index contributed by atoms with van der Waals surface area (Å²) in [7, 11) is 1.48. The molecule has 1 aromatic carbocycles. The monoisotopic (exact) mass is 248 g/mol. The summed E-state index contributed by atoms with van der Waals surface area (Å²) in [6.45, 7) is 5.79. The molecule has 18 heavy (non-hydrogen) atoms. The number of hydrogen-bond acceptors (Lipinski definition) is 3. The van der Waals surface area contributed by atoms with Crippen LogP contribution in [-0.2, 0) is 4.79 Å². The summed E-state index contributed by atoms with van der Waals surface area (Å²) in [5.74, 6) is 0.398. The number of ketones is 1. The fraction of sp³-hybridized carbons (Fsp3) is 0.267. The lowest BCUT2D eigenvalue weighted by atomic mass is 10.1. The highest BCUT2D eigenvalue weighted by molar-refractivity contribution is 6.01. The fourth-order valence-corrected chi connectivity index (χ4v) is 1.20. The molecule has 0 aliphatic rings. The van der Waals surface area contributed by atoms with Crippen LogP contribution in [0.25, 0.3) is 6.08 Å². The van der Waals surface area contributed by atoms with Crippen molar-refractivity contribution in [3.8, 4) is 11.5 Å². The molecule has 0 atom stereocenters. The largest absolute Gasteiger partial charge is 0.504 e. The smallest absolute Gasteiger partial charge is 0.178 e. The minimum atomic E-state index is -0.0745. The Kier molecular flexibility index (Phi) is 8.03. The maximum absolute atomic E-state index is 11.2. The van der Waals surface area contributed by atoms with Gasteiger partial charge in [0, 0.05) is 0 Å². The molecule has 0 bridgehead atoms. The quantitative estimate of drug-likeness (QED) is 0.828. The maximum atomic E-state index is 11.2. The number of rotatable bonds is 4. The van der Waals surface area contributed by atoms with Gasteiger partial charge >= 0.3 is 0 Å². The molecule has 1 rings (SSSR count). The SMILES string of the molecule is C/C=C/C(=O)/C=C/c1ccc(O)c(OC)c1.CC. The minimum Gasteiger partial charge on any atom is -0.504 e. The minimum absolute atomic E-state index is 0.0745. The Morgan fingerprint density at radius 3 is 2.50 bits per heavy atom. The van der Waals surface area contributed by atoms with Gasteiger partial charge in [-0.25, -0.2) is 0 Å². The molecule has 98 valence electrons. The summed E-state index contributed by atoms with van der Waals surface area (Å²) in [5, 5.41) is 9.37. The number of aromatic hydroxyl groups is 1. The van der Waals surface area contributed by atoms with Crippen molar-refractivity contribution in [1.29, 1.82) is 0 Å². The van der Waals surface area contributed by atoms with Gasteiger partial charge in [0.25, 0.3) is 0 Å². The summed E-state index contributed by atoms with van der Waals surface area (Å²) in [6, 6.07) is 4.89. The molecule has 0 spiro atoms. The molecule has 0 radical (unpaired) electrons. The number of benzene rings is 1. The third-order valence-electron chi connectivity index (χ3n) is 1.97. The number of hydrogen-bond donors (Lipinski definition) is 1. The van der Waals surface area contributed by atoms with E-state index in [2.05, 4.69) is 0 Å². The highest BCUT2D eigenvalue weighted by atomic mass is 16.5. The van der Waals surface area contributed by atoms with Crippen LogP contribution in [0.4, 0.5) is 0 Å². The van der Waals surface area contributed by atoms with E-state index in [9.17, 15) is 9.90 Å². The van der Waals surface area contributed by atoms with E-state index >= 15 is 0 Å². The van der Waals surface area contributed by atoms with Crippen molar-refractivity contribution < 1.29 is 14.6 Å². The zero-order valence-electron chi connectivity index (χ0n) is 11.3. The van der Waals surface area contributed by atoms with Gasteiger partial charge in [-0.15, -0.1) is 0 Å². The van der Waals surface area contributed by atoms with E-state index in [4.69, 9.17) is 4.74 Å². The average Bonchev–Trinajstić information content (AvgIpc) is 2.40. The van der Waals surface area contributed by atoms with Crippen LogP contribution >= 0.6 is 0 Å². The summed E-state index contributed by atoms with van der Waals surface area (Å²) >= 11 is 0. The van der Waals surface area contributed by atoms with Gasteiger partial charge in [-0.3, -0.25) is 4.79 Å². The Hall–Kier alpha value is -2.03. The molecule has 0 saturated carbocycles. The van der Waals surface area contributed by atoms with Crippen molar-refractivity contribution in [2.75, 3.05) is 7.11 Å². The van der Waals surface area contributed by atoms with Crippen LogP contribution in [0.2, 0.25) is 0 Å². The number of phenols is 1. The van der Waals surface area contributed by atoms with E-state index in [-0.39, 0.29) is 11.5 Å². The van der Waals surface area contributed by atoms with Crippen LogP contribution < -0.4 is 4.74 Å². The van der Waals surface area contributed by atoms with E-state index in [0.717, 1.165) is 5.56 Å². The van der Waals surface area contributed by atoms with Gasteiger partial charge in [-0.2, -0.15) is 0 Å². The van der Waals surface area contributed by atoms with Gasteiger partial charge in [-0.1, -0.05) is 32.1 Å². The Morgan fingerprint density at radius 1 is 1.28 bits per heavy atom. The topological polar surface area (TPSA) is 46.5 Å². The van der Waals surface area contributed by atoms with Crippen LogP contribution in [0.3, 0.4) is 0 Å². The summed E-state index contributed by atoms with van der Waals surface area (Å²) in [4.78, 5) is 11.2. The van der Waals surface area contributed by atoms with Crippen LogP contribution in [0.15, 0.2) is 36.4 Å². The van der Waals surface area contributed by atoms with Crippen molar-refractivity contribution in [2.24, 2.45) is 0 Å². The van der Waals surface area contributed by atoms with Gasteiger partial charge in [-0.05, 0) is 36.8 Å². The molecular formula is C15H20O3. The lowest BCUT2D eigenvalue weighted by Crippen LogP contribution is -1.86. The molecule has 3 nitrogen and oxygen atoms in total. The molecule has 0 aliphatic heterocycles. The van der Waals surface area contributed by atoms with E-state index in [1.165, 1.54) is 25.3 Å². The summed E-state index contributed by atoms with van der Waals surface area (Å²) in [5.41, 5.74) is 0.799. The van der Waals surface area contributed by atoms with Gasteiger partial charge in [0.1, 0.15) is 0 Å². The van der Waals surface area contributed by atoms with Gasteiger partial charge < -0.3 is 9.84 Å². The second-order valence-electron chi connectivity index (χ2n) is 3.17. The van der Waals surface area contributed by atoms with Gasteiger partial charge in [0.05, 0.1) is 7.11 Å². The fourth-order valence-electron chi connectivity index (χ4n) is 1.20. The van der Waals surface area contributed by atoms with Crippen LogP contribution in [0.5, 0.6) is 11.5 Å². The molecule has 1 N–H and O–H groups in total. The third-order valence-corrected chi connectivity index (χ3v) is 1.97. The Bertz CT molecular complexity index is 431. The van der Waals surface area contributed by atoms with Crippen molar-refractivity contribution >= 4 is 11.9 Å². The first-order valence-corrected chi connectivity index (χ1v) is 5.89. The lowest BCUT2D eigenvalue weighted by Gasteiger charge is -2.03. The number of phenolic OH excluding ortho intramolecular Hbond substituents is 1. The van der Waals surface area contributed by atoms with Crippen molar-refractivity contribution in [3.63, 3.8) is 0 Å². The van der Waals surface area contributed by atoms with Gasteiger partial charge in [0.15, 0.2) is 17.3 Å². The predicted molar refractivity (Wildman–Crippen MR) is 74.9 cm³/mol. The Balaban J connectivity index is 0.00000137. The second-order valence-corrected chi connectivity index (χ2v) is 3.17. The van der Waals surface area contributed by atoms with E-state index in [1.807, 2.05) is 13.8 Å². The first-order valence-electron chi connectivity index (χ1n) is 5.89. The van der Waals surface area contributed by atoms with E-state index in [0.29, 0.717) is 5.75 Å². The highest BCUT2D eigenvalue weighted by Gasteiger charge is 2.00. The summed E-state index contributed by atoms with van der Waals surface area (Å²) in [6.07, 6.45) is 6.30. The number of carbonyl (C=O) groups is 1. The molecule has 0 amide bonds. The number of methoxy groups -OCH3 is 1. The molecular weight excluding hydrogens is 228 g/mol. The first-order chi connectivity index (χ1) is 8.67. The average molecular weight is 248 g/mol. The molecule has 0 heterocycles. The van der Waals surface area contributed by atoms with Crippen molar-refractivity contribution in [3.05, 3.63) is 42.0 Å². The molecule has 3 heteroatoms. The molecule has 0 fully saturated rings. The first kappa shape index (κ1) is 16.0. The zero-order chi connectivity index (χ0) is 14.0. The Morgan fingerprint density at radius 2 is 1.94 bits per heavy atom. The standard InChI is InChI=1S/C13H14O3.C2H6/c1-3-4-11(14)7-5-10-6-8-12(15)13(9-10)16-2;1-2/h3-9,15H,1-2H3;1-2H3/b4-3+,7-5+;. The highest BCUT2D eigenvalue weighted by Crippen LogP contribution is 2.26. The van der Waals surface area contributed by atoms with Gasteiger partial charge in [0.2, 0.25) is 0 Å². The van der Waals surface area contributed by atoms with Crippen LogP contribution in [-0.4, -0.2) is 18.0 Å². The Labute approximate surface area is 108 Å². The molecule has 0 aliphatic carbocycles. The van der Waals surface area contributed by atoms with Crippen LogP contribution in [0.1, 0.15) is 26.3 Å². The lowest BCUT2D eigenvalue weighted by molar-refractivity contribution is -0.110. The maximum Gasteiger partial charge on any atom is 0.178 e. The van der Waals surface area contributed by atoms with Crippen LogP contribution in [0, 0.1) is 0 Å². The van der Waals surface area contributed by atoms with Crippen molar-refractivity contribution in [1.82, 2.24) is 0 Å². The molecule has 0 aromatic heterocycles. The third kappa shape index (κ3) is 5.34. The number of carbonyl (C=O) groups excluding carboxylic acids is 1. The summed E-state index contributed by atoms with van der Waals surface area (Å²) < 4.78 is 4.96. The molecule has 0 saturated heterocycles. The normalized spacial score (nSPS) is 10.2. The molecule has 1 aromatic rings. The number of allylic oxidation sites excluding steroid dienone is 3. The number of ether oxygens (including phenoxy) is 1.